The fourth-order valence-corrected chi connectivity index (χ4v) is 9.54. The number of fused-ring (bicyclic) bond motifs is 5. The van der Waals surface area contributed by atoms with Gasteiger partial charge in [0.2, 0.25) is 0 Å². The van der Waals surface area contributed by atoms with Gasteiger partial charge < -0.3 is 37.9 Å². The third-order valence-electron chi connectivity index (χ3n) is 13.0. The predicted molar refractivity (Wildman–Crippen MR) is 269 cm³/mol. The van der Waals surface area contributed by atoms with E-state index in [1.165, 1.54) is 110 Å². The van der Waals surface area contributed by atoms with E-state index in [2.05, 4.69) is 74.5 Å². The van der Waals surface area contributed by atoms with Gasteiger partial charge in [0.1, 0.15) is 26.4 Å². The van der Waals surface area contributed by atoms with E-state index in [9.17, 15) is 0 Å². The summed E-state index contributed by atoms with van der Waals surface area (Å²) < 4.78 is 48.0. The van der Waals surface area contributed by atoms with Crippen LogP contribution in [0.1, 0.15) is 115 Å². The van der Waals surface area contributed by atoms with Crippen LogP contribution in [0.4, 0.5) is 0 Å². The van der Waals surface area contributed by atoms with E-state index in [0.29, 0.717) is 102 Å². The number of para-hydroxylation sites is 2. The maximum atomic E-state index is 6.46. The van der Waals surface area contributed by atoms with Crippen LogP contribution in [0.25, 0.3) is 33.5 Å². The first kappa shape index (κ1) is 50.0. The summed E-state index contributed by atoms with van der Waals surface area (Å²) in [6.45, 7) is 9.66. The number of benzene rings is 4. The summed E-state index contributed by atoms with van der Waals surface area (Å²) in [5.41, 5.74) is 10.1. The van der Waals surface area contributed by atoms with Crippen LogP contribution >= 0.6 is 0 Å². The third kappa shape index (κ3) is 14.5. The van der Waals surface area contributed by atoms with Crippen molar-refractivity contribution in [3.63, 3.8) is 0 Å². The molecule has 0 saturated carbocycles. The summed E-state index contributed by atoms with van der Waals surface area (Å²) in [4.78, 5) is 4.79. The molecule has 67 heavy (non-hydrogen) atoms. The molecule has 9 heteroatoms. The molecular weight excluding hydrogens is 839 g/mol. The van der Waals surface area contributed by atoms with Crippen LogP contribution in [-0.2, 0) is 24.4 Å². The number of unbranched alkanes of at least 4 members (excludes halogenated alkanes) is 10. The van der Waals surface area contributed by atoms with Gasteiger partial charge in [0, 0.05) is 17.2 Å². The highest BCUT2D eigenvalue weighted by Gasteiger charge is 2.42. The van der Waals surface area contributed by atoms with E-state index < -0.39 is 0 Å². The van der Waals surface area contributed by atoms with Crippen molar-refractivity contribution in [1.82, 2.24) is 4.98 Å². The minimum atomic E-state index is -0.0861. The molecule has 0 radical (unpaired) electrons. The minimum absolute atomic E-state index is 0.0861. The maximum Gasteiger partial charge on any atom is 0.161 e. The summed E-state index contributed by atoms with van der Waals surface area (Å²) in [6, 6.07) is 34.5. The largest absolute Gasteiger partial charge is 0.487 e. The van der Waals surface area contributed by atoms with Gasteiger partial charge in [-0.1, -0.05) is 139 Å². The number of nitrogens with zero attached hydrogens (tertiary/aromatic N) is 1. The lowest BCUT2D eigenvalue weighted by atomic mass is 9.70. The lowest BCUT2D eigenvalue weighted by molar-refractivity contribution is 0.0223. The number of hydrogen-bond acceptors (Lipinski definition) is 9. The van der Waals surface area contributed by atoms with Gasteiger partial charge in [-0.25, -0.2) is 0 Å². The highest BCUT2D eigenvalue weighted by molar-refractivity contribution is 5.86. The van der Waals surface area contributed by atoms with E-state index in [4.69, 9.17) is 42.9 Å². The van der Waals surface area contributed by atoms with Gasteiger partial charge in [-0.3, -0.25) is 4.98 Å². The Balaban J connectivity index is 1.11. The Bertz CT molecular complexity index is 2180. The summed E-state index contributed by atoms with van der Waals surface area (Å²) in [6.07, 6.45) is 19.5. The van der Waals surface area contributed by atoms with Crippen molar-refractivity contribution >= 4 is 0 Å². The van der Waals surface area contributed by atoms with Crippen molar-refractivity contribution < 1.29 is 37.9 Å². The Morgan fingerprint density at radius 1 is 0.388 bits per heavy atom. The van der Waals surface area contributed by atoms with Crippen molar-refractivity contribution in [2.75, 3.05) is 79.3 Å². The number of hydrogen-bond donors (Lipinski definition) is 0. The molecule has 0 amide bonds. The Kier molecular flexibility index (Phi) is 20.7. The lowest BCUT2D eigenvalue weighted by Gasteiger charge is -2.33. The molecule has 0 saturated heterocycles. The van der Waals surface area contributed by atoms with Crippen molar-refractivity contribution in [2.45, 2.75) is 109 Å². The highest BCUT2D eigenvalue weighted by atomic mass is 16.6. The molecule has 1 aliphatic heterocycles. The zero-order valence-electron chi connectivity index (χ0n) is 40.4. The molecule has 1 aromatic heterocycles. The zero-order valence-corrected chi connectivity index (χ0v) is 40.4. The molecule has 2 heterocycles. The van der Waals surface area contributed by atoms with Gasteiger partial charge in [-0.15, -0.1) is 0 Å². The number of pyridine rings is 1. The fraction of sp³-hybridized carbons (Fsp3) is 0.500. The average molecular weight is 914 g/mol. The van der Waals surface area contributed by atoms with E-state index in [0.717, 1.165) is 24.1 Å². The molecule has 0 bridgehead atoms. The second-order valence-corrected chi connectivity index (χ2v) is 17.8. The van der Waals surface area contributed by atoms with Crippen LogP contribution in [0.5, 0.6) is 23.0 Å². The molecule has 0 atom stereocenters. The summed E-state index contributed by atoms with van der Waals surface area (Å²) in [7, 11) is 0. The van der Waals surface area contributed by atoms with Crippen LogP contribution in [0.2, 0.25) is 0 Å². The Hall–Kier alpha value is -4.93. The molecule has 4 aromatic carbocycles. The van der Waals surface area contributed by atoms with E-state index in [1.807, 2.05) is 42.6 Å². The van der Waals surface area contributed by atoms with Crippen molar-refractivity contribution in [3.05, 3.63) is 114 Å². The lowest BCUT2D eigenvalue weighted by Crippen LogP contribution is -2.25. The fourth-order valence-electron chi connectivity index (χ4n) is 9.54. The second kappa shape index (κ2) is 27.8. The molecule has 0 spiro atoms. The van der Waals surface area contributed by atoms with Crippen LogP contribution in [0, 0.1) is 0 Å². The van der Waals surface area contributed by atoms with Crippen LogP contribution in [-0.4, -0.2) is 84.3 Å². The molecule has 7 rings (SSSR count). The third-order valence-corrected chi connectivity index (χ3v) is 13.0. The highest BCUT2D eigenvalue weighted by Crippen LogP contribution is 2.56. The van der Waals surface area contributed by atoms with Gasteiger partial charge >= 0.3 is 0 Å². The maximum absolute atomic E-state index is 6.46. The Labute approximate surface area is 400 Å². The first-order valence-corrected chi connectivity index (χ1v) is 25.5. The first-order chi connectivity index (χ1) is 33.2. The van der Waals surface area contributed by atoms with Crippen molar-refractivity contribution in [2.24, 2.45) is 0 Å². The number of rotatable bonds is 16. The van der Waals surface area contributed by atoms with Gasteiger partial charge in [0.05, 0.1) is 58.5 Å². The molecule has 360 valence electrons. The van der Waals surface area contributed by atoms with E-state index in [1.54, 1.807) is 0 Å². The molecule has 1 aliphatic carbocycles. The molecule has 2 aliphatic rings. The van der Waals surface area contributed by atoms with Gasteiger partial charge in [-0.05, 0) is 94.8 Å². The normalized spacial score (nSPS) is 16.1. The molecule has 0 unspecified atom stereocenters. The average Bonchev–Trinajstić information content (AvgIpc) is 3.63. The van der Waals surface area contributed by atoms with E-state index >= 15 is 0 Å². The monoisotopic (exact) mass is 914 g/mol. The molecule has 5 aromatic rings. The standard InChI is InChI=1S/C58H75NO8/c1-3-5-7-9-11-16-28-58(29-17-12-10-8-6-4-2)51-43-46(22-25-49(51)50-26-23-48(44-52(50)58)53-19-15-18-30-59-53)47-24-27-56-57(45-47)67-42-38-63-34-33-61-36-40-65-55-21-14-13-20-54(55)64-39-35-60-31-32-62-37-41-66-56/h13-15,18-27,30,43-45H,3-12,16-17,28-29,31-42H2,1-2H3. The summed E-state index contributed by atoms with van der Waals surface area (Å²) >= 11 is 0. The first-order valence-electron chi connectivity index (χ1n) is 25.5. The smallest absolute Gasteiger partial charge is 0.161 e. The van der Waals surface area contributed by atoms with Crippen LogP contribution < -0.4 is 18.9 Å². The van der Waals surface area contributed by atoms with Crippen molar-refractivity contribution in [1.29, 1.82) is 0 Å². The van der Waals surface area contributed by atoms with Crippen molar-refractivity contribution in [3.8, 4) is 56.5 Å². The number of aromatic nitrogens is 1. The summed E-state index contributed by atoms with van der Waals surface area (Å²) in [5.74, 6) is 2.72. The Morgan fingerprint density at radius 2 is 0.806 bits per heavy atom. The molecular formula is C58H75NO8. The van der Waals surface area contributed by atoms with Crippen LogP contribution in [0.3, 0.4) is 0 Å². The van der Waals surface area contributed by atoms with Gasteiger partial charge in [-0.2, -0.15) is 0 Å². The Morgan fingerprint density at radius 3 is 1.33 bits per heavy atom. The SMILES string of the molecule is CCCCCCCCC1(CCCCCCCC)c2cc(-c3ccc4c(c3)OCCOCCOCCOc3ccccc3OCCOCCOCCO4)ccc2-c2ccc(-c3ccccn3)cc21. The van der Waals surface area contributed by atoms with Gasteiger partial charge in [0.15, 0.2) is 23.0 Å². The van der Waals surface area contributed by atoms with Crippen LogP contribution in [0.15, 0.2) is 103 Å². The molecule has 9 nitrogen and oxygen atoms in total. The van der Waals surface area contributed by atoms with Gasteiger partial charge in [0.25, 0.3) is 0 Å². The quantitative estimate of drug-likeness (QED) is 0.0898. The second-order valence-electron chi connectivity index (χ2n) is 17.8. The molecule has 0 N–H and O–H groups in total. The summed E-state index contributed by atoms with van der Waals surface area (Å²) in [5, 5.41) is 0. The van der Waals surface area contributed by atoms with E-state index in [-0.39, 0.29) is 5.41 Å². The topological polar surface area (TPSA) is 86.7 Å². The minimum Gasteiger partial charge on any atom is -0.487 e. The molecule has 0 fully saturated rings. The number of ether oxygens (including phenoxy) is 8. The predicted octanol–water partition coefficient (Wildman–Crippen LogP) is 13.5. The zero-order chi connectivity index (χ0) is 46.2.